The van der Waals surface area contributed by atoms with Gasteiger partial charge in [0.1, 0.15) is 6.54 Å². The zero-order valence-electron chi connectivity index (χ0n) is 14.4. The largest absolute Gasteiger partial charge is 0.307 e. The summed E-state index contributed by atoms with van der Waals surface area (Å²) in [6, 6.07) is 6.54. The summed E-state index contributed by atoms with van der Waals surface area (Å²) in [5.41, 5.74) is 5.62. The highest BCUT2D eigenvalue weighted by molar-refractivity contribution is 7.14. The van der Waals surface area contributed by atoms with Crippen LogP contribution in [0.3, 0.4) is 0 Å². The first-order chi connectivity index (χ1) is 12.6. The number of carbonyl (C=O) groups excluding carboxylic acids is 1. The number of thiazole rings is 2. The first-order valence-corrected chi connectivity index (χ1v) is 10.4. The van der Waals surface area contributed by atoms with Crippen LogP contribution in [0.5, 0.6) is 0 Å². The Balaban J connectivity index is 1.48. The van der Waals surface area contributed by atoms with Gasteiger partial charge in [-0.2, -0.15) is 0 Å². The van der Waals surface area contributed by atoms with E-state index >= 15 is 0 Å². The maximum Gasteiger partial charge on any atom is 0.307 e. The highest BCUT2D eigenvalue weighted by Crippen LogP contribution is 2.29. The van der Waals surface area contributed by atoms with Gasteiger partial charge in [0.25, 0.3) is 0 Å². The van der Waals surface area contributed by atoms with Crippen molar-refractivity contribution < 1.29 is 4.79 Å². The summed E-state index contributed by atoms with van der Waals surface area (Å²) in [7, 11) is 0. The van der Waals surface area contributed by atoms with Crippen molar-refractivity contribution in [2.75, 3.05) is 5.32 Å². The fraction of sp³-hybridized carbons (Fsp3) is 0.316. The van der Waals surface area contributed by atoms with Crippen LogP contribution in [-0.2, 0) is 24.2 Å². The topological polar surface area (TPSA) is 64.0 Å². The van der Waals surface area contributed by atoms with Crippen LogP contribution in [-0.4, -0.2) is 15.5 Å². The standard InChI is InChI=1S/C19H19N3O2S2/c1-12-10-26-19(24)22(12)9-17(23)21-18-20-16(11-25-18)15-7-6-13-4-2-3-5-14(13)8-15/h6-8,10-11H,2-5,9H2,1H3,(H,20,21,23). The number of carbonyl (C=O) groups is 1. The molecule has 2 aromatic heterocycles. The van der Waals surface area contributed by atoms with Crippen molar-refractivity contribution in [3.8, 4) is 11.3 Å². The predicted octanol–water partition coefficient (Wildman–Crippen LogP) is 3.86. The Bertz CT molecular complexity index is 1020. The lowest BCUT2D eigenvalue weighted by atomic mass is 9.90. The second-order valence-electron chi connectivity index (χ2n) is 6.51. The van der Waals surface area contributed by atoms with Crippen molar-refractivity contribution in [1.82, 2.24) is 9.55 Å². The highest BCUT2D eigenvalue weighted by Gasteiger charge is 2.14. The van der Waals surface area contributed by atoms with Gasteiger partial charge in [0.15, 0.2) is 5.13 Å². The fourth-order valence-corrected chi connectivity index (χ4v) is 4.73. The van der Waals surface area contributed by atoms with Gasteiger partial charge in [0.05, 0.1) is 5.69 Å². The lowest BCUT2D eigenvalue weighted by molar-refractivity contribution is -0.116. The molecule has 2 heterocycles. The summed E-state index contributed by atoms with van der Waals surface area (Å²) in [6.07, 6.45) is 4.81. The van der Waals surface area contributed by atoms with Gasteiger partial charge in [-0.05, 0) is 49.8 Å². The van der Waals surface area contributed by atoms with Gasteiger partial charge in [-0.1, -0.05) is 23.5 Å². The zero-order valence-corrected chi connectivity index (χ0v) is 16.1. The van der Waals surface area contributed by atoms with Gasteiger partial charge in [0, 0.05) is 22.0 Å². The van der Waals surface area contributed by atoms with Crippen LogP contribution < -0.4 is 10.2 Å². The van der Waals surface area contributed by atoms with E-state index in [1.165, 1.54) is 39.9 Å². The number of hydrogen-bond acceptors (Lipinski definition) is 5. The predicted molar refractivity (Wildman–Crippen MR) is 106 cm³/mol. The first kappa shape index (κ1) is 17.2. The summed E-state index contributed by atoms with van der Waals surface area (Å²) in [4.78, 5) is 28.4. The summed E-state index contributed by atoms with van der Waals surface area (Å²) in [6.45, 7) is 1.84. The third-order valence-corrected chi connectivity index (χ3v) is 6.31. The molecule has 1 amide bonds. The smallest absolute Gasteiger partial charge is 0.300 e. The number of nitrogens with zero attached hydrogens (tertiary/aromatic N) is 2. The Kier molecular flexibility index (Phi) is 4.74. The number of fused-ring (bicyclic) bond motifs is 1. The van der Waals surface area contributed by atoms with Crippen molar-refractivity contribution in [2.45, 2.75) is 39.2 Å². The van der Waals surface area contributed by atoms with E-state index < -0.39 is 0 Å². The number of nitrogens with one attached hydrogen (secondary N) is 1. The van der Waals surface area contributed by atoms with Crippen molar-refractivity contribution >= 4 is 33.7 Å². The van der Waals surface area contributed by atoms with Crippen molar-refractivity contribution in [3.63, 3.8) is 0 Å². The molecule has 1 aliphatic carbocycles. The minimum absolute atomic E-state index is 0.0158. The average Bonchev–Trinajstić information content (AvgIpc) is 3.23. The Morgan fingerprint density at radius 3 is 2.77 bits per heavy atom. The second kappa shape index (κ2) is 7.17. The van der Waals surface area contributed by atoms with E-state index in [1.807, 2.05) is 12.3 Å². The van der Waals surface area contributed by atoms with E-state index in [9.17, 15) is 9.59 Å². The molecule has 134 valence electrons. The van der Waals surface area contributed by atoms with Gasteiger partial charge >= 0.3 is 4.87 Å². The van der Waals surface area contributed by atoms with Gasteiger partial charge in [0.2, 0.25) is 5.91 Å². The average molecular weight is 386 g/mol. The highest BCUT2D eigenvalue weighted by atomic mass is 32.1. The fourth-order valence-electron chi connectivity index (χ4n) is 3.26. The number of aryl methyl sites for hydroxylation is 3. The molecule has 0 atom stereocenters. The molecule has 0 aliphatic heterocycles. The molecule has 1 aliphatic rings. The first-order valence-electron chi connectivity index (χ1n) is 8.62. The van der Waals surface area contributed by atoms with Crippen LogP contribution in [0.1, 0.15) is 29.7 Å². The molecule has 1 N–H and O–H groups in total. The normalized spacial score (nSPS) is 13.4. The summed E-state index contributed by atoms with van der Waals surface area (Å²) < 4.78 is 1.47. The summed E-state index contributed by atoms with van der Waals surface area (Å²) >= 11 is 2.51. The van der Waals surface area contributed by atoms with E-state index in [1.54, 1.807) is 5.38 Å². The molecule has 7 heteroatoms. The number of rotatable bonds is 4. The zero-order chi connectivity index (χ0) is 18.1. The van der Waals surface area contributed by atoms with E-state index in [2.05, 4.69) is 28.5 Å². The van der Waals surface area contributed by atoms with Crippen LogP contribution in [0.25, 0.3) is 11.3 Å². The van der Waals surface area contributed by atoms with Crippen molar-refractivity contribution in [2.24, 2.45) is 0 Å². The number of hydrogen-bond donors (Lipinski definition) is 1. The molecule has 1 aromatic carbocycles. The Hall–Kier alpha value is -2.25. The van der Waals surface area contributed by atoms with Crippen molar-refractivity contribution in [3.05, 3.63) is 55.4 Å². The maximum absolute atomic E-state index is 12.2. The lowest BCUT2D eigenvalue weighted by Gasteiger charge is -2.16. The third-order valence-electron chi connectivity index (χ3n) is 4.67. The van der Waals surface area contributed by atoms with Gasteiger partial charge in [-0.3, -0.25) is 14.2 Å². The maximum atomic E-state index is 12.2. The summed E-state index contributed by atoms with van der Waals surface area (Å²) in [5, 5.41) is 7.08. The number of anilines is 1. The molecule has 4 rings (SSSR count). The molecule has 0 saturated heterocycles. The molecular formula is C19H19N3O2S2. The monoisotopic (exact) mass is 385 g/mol. The molecule has 0 bridgehead atoms. The molecule has 5 nitrogen and oxygen atoms in total. The van der Waals surface area contributed by atoms with E-state index in [-0.39, 0.29) is 17.3 Å². The van der Waals surface area contributed by atoms with E-state index in [4.69, 9.17) is 0 Å². The number of benzene rings is 1. The second-order valence-corrected chi connectivity index (χ2v) is 8.18. The molecular weight excluding hydrogens is 366 g/mol. The quantitative estimate of drug-likeness (QED) is 0.742. The Morgan fingerprint density at radius 2 is 2.00 bits per heavy atom. The number of aromatic nitrogens is 2. The Labute approximate surface area is 159 Å². The van der Waals surface area contributed by atoms with Crippen LogP contribution in [0, 0.1) is 6.92 Å². The molecule has 0 fully saturated rings. The molecule has 26 heavy (non-hydrogen) atoms. The minimum Gasteiger partial charge on any atom is -0.300 e. The molecule has 3 aromatic rings. The van der Waals surface area contributed by atoms with Crippen LogP contribution in [0.4, 0.5) is 5.13 Å². The van der Waals surface area contributed by atoms with E-state index in [0.29, 0.717) is 5.13 Å². The van der Waals surface area contributed by atoms with Crippen LogP contribution in [0.2, 0.25) is 0 Å². The SMILES string of the molecule is Cc1csc(=O)n1CC(=O)Nc1nc(-c2ccc3c(c2)CCCC3)cs1. The minimum atomic E-state index is -0.236. The third kappa shape index (κ3) is 3.50. The van der Waals surface area contributed by atoms with Crippen LogP contribution >= 0.6 is 22.7 Å². The number of amides is 1. The van der Waals surface area contributed by atoms with E-state index in [0.717, 1.165) is 41.1 Å². The van der Waals surface area contributed by atoms with Gasteiger partial charge < -0.3 is 5.32 Å². The molecule has 0 saturated carbocycles. The van der Waals surface area contributed by atoms with Crippen LogP contribution in [0.15, 0.2) is 33.8 Å². The van der Waals surface area contributed by atoms with Crippen molar-refractivity contribution in [1.29, 1.82) is 0 Å². The van der Waals surface area contributed by atoms with Gasteiger partial charge in [-0.15, -0.1) is 11.3 Å². The Morgan fingerprint density at radius 1 is 1.19 bits per heavy atom. The van der Waals surface area contributed by atoms with Gasteiger partial charge in [-0.25, -0.2) is 4.98 Å². The molecule has 0 unspecified atom stereocenters. The summed E-state index contributed by atoms with van der Waals surface area (Å²) in [5.74, 6) is -0.236. The lowest BCUT2D eigenvalue weighted by Crippen LogP contribution is -2.25. The molecule has 0 radical (unpaired) electrons. The molecule has 0 spiro atoms.